The van der Waals surface area contributed by atoms with Gasteiger partial charge in [-0.3, -0.25) is 0 Å². The highest BCUT2D eigenvalue weighted by Crippen LogP contribution is 2.22. The van der Waals surface area contributed by atoms with Crippen LogP contribution in [-0.4, -0.2) is 38.4 Å². The van der Waals surface area contributed by atoms with Crippen molar-refractivity contribution < 1.29 is 17.2 Å². The van der Waals surface area contributed by atoms with Crippen LogP contribution in [0, 0.1) is 11.6 Å². The standard InChI is InChI=1S/C11H14F2N2O2S.ClH/c1-8-7-14-4-5-15(8)18(16,17)11-6-9(12)2-3-10(11)13;/h2-3,6,8,14H,4-5,7H2,1H3;1H/t8-;/m1./s1. The Morgan fingerprint density at radius 1 is 1.37 bits per heavy atom. The second kappa shape index (κ2) is 6.13. The highest BCUT2D eigenvalue weighted by molar-refractivity contribution is 7.89. The Balaban J connectivity index is 0.00000180. The van der Waals surface area contributed by atoms with Crippen LogP contribution in [0.2, 0.25) is 0 Å². The van der Waals surface area contributed by atoms with E-state index in [1.807, 2.05) is 0 Å². The van der Waals surface area contributed by atoms with Crippen LogP contribution in [0.5, 0.6) is 0 Å². The Morgan fingerprint density at radius 2 is 2.05 bits per heavy atom. The van der Waals surface area contributed by atoms with Gasteiger partial charge in [0.25, 0.3) is 0 Å². The summed E-state index contributed by atoms with van der Waals surface area (Å²) in [5.74, 6) is -1.69. The molecular weight excluding hydrogens is 298 g/mol. The highest BCUT2D eigenvalue weighted by Gasteiger charge is 2.33. The first-order valence-electron chi connectivity index (χ1n) is 5.60. The molecule has 1 aromatic carbocycles. The summed E-state index contributed by atoms with van der Waals surface area (Å²) in [5.41, 5.74) is 0. The van der Waals surface area contributed by atoms with Crippen LogP contribution in [0.25, 0.3) is 0 Å². The van der Waals surface area contributed by atoms with Crippen molar-refractivity contribution in [2.75, 3.05) is 19.6 Å². The smallest absolute Gasteiger partial charge is 0.246 e. The molecule has 8 heteroatoms. The molecule has 1 atom stereocenters. The number of hydrogen-bond donors (Lipinski definition) is 1. The van der Waals surface area contributed by atoms with Crippen LogP contribution in [0.3, 0.4) is 0 Å². The summed E-state index contributed by atoms with van der Waals surface area (Å²) >= 11 is 0. The molecule has 108 valence electrons. The quantitative estimate of drug-likeness (QED) is 0.897. The van der Waals surface area contributed by atoms with Gasteiger partial charge in [-0.2, -0.15) is 4.31 Å². The SMILES string of the molecule is C[C@@H]1CNCCN1S(=O)(=O)c1cc(F)ccc1F.Cl. The third-order valence-corrected chi connectivity index (χ3v) is 4.95. The Labute approximate surface area is 117 Å². The predicted octanol–water partition coefficient (Wildman–Crippen LogP) is 1.37. The average Bonchev–Trinajstić information content (AvgIpc) is 2.32. The zero-order valence-electron chi connectivity index (χ0n) is 10.3. The maximum absolute atomic E-state index is 13.6. The molecule has 1 aliphatic heterocycles. The lowest BCUT2D eigenvalue weighted by atomic mass is 10.3. The lowest BCUT2D eigenvalue weighted by Gasteiger charge is -2.32. The number of sulfonamides is 1. The fourth-order valence-corrected chi connectivity index (χ4v) is 3.69. The van der Waals surface area contributed by atoms with E-state index in [2.05, 4.69) is 5.32 Å². The second-order valence-corrected chi connectivity index (χ2v) is 6.10. The summed E-state index contributed by atoms with van der Waals surface area (Å²) in [6, 6.07) is 2.16. The summed E-state index contributed by atoms with van der Waals surface area (Å²) in [6.07, 6.45) is 0. The number of piperazine rings is 1. The van der Waals surface area contributed by atoms with Gasteiger partial charge in [-0.1, -0.05) is 0 Å². The molecule has 0 radical (unpaired) electrons. The Bertz CT molecular complexity index is 554. The normalized spacial score (nSPS) is 20.9. The Hall–Kier alpha value is -0.760. The van der Waals surface area contributed by atoms with Crippen molar-refractivity contribution in [3.05, 3.63) is 29.8 Å². The van der Waals surface area contributed by atoms with Crippen molar-refractivity contribution in [3.8, 4) is 0 Å². The van der Waals surface area contributed by atoms with E-state index in [9.17, 15) is 17.2 Å². The first kappa shape index (κ1) is 16.3. The monoisotopic (exact) mass is 312 g/mol. The third kappa shape index (κ3) is 3.22. The predicted molar refractivity (Wildman–Crippen MR) is 69.8 cm³/mol. The minimum Gasteiger partial charge on any atom is -0.314 e. The molecule has 1 aromatic rings. The summed E-state index contributed by atoms with van der Waals surface area (Å²) < 4.78 is 52.4. The van der Waals surface area contributed by atoms with Crippen molar-refractivity contribution in [2.24, 2.45) is 0 Å². The molecule has 1 aliphatic rings. The molecule has 0 aromatic heterocycles. The molecule has 0 saturated carbocycles. The molecule has 4 nitrogen and oxygen atoms in total. The van der Waals surface area contributed by atoms with Gasteiger partial charge in [0.15, 0.2) is 0 Å². The van der Waals surface area contributed by atoms with Gasteiger partial charge in [0.1, 0.15) is 16.5 Å². The number of hydrogen-bond acceptors (Lipinski definition) is 3. The van der Waals surface area contributed by atoms with Crippen LogP contribution in [0.15, 0.2) is 23.1 Å². The van der Waals surface area contributed by atoms with E-state index in [4.69, 9.17) is 0 Å². The lowest BCUT2D eigenvalue weighted by molar-refractivity contribution is 0.282. The topological polar surface area (TPSA) is 49.4 Å². The zero-order valence-corrected chi connectivity index (χ0v) is 11.9. The molecule has 0 spiro atoms. The Kier molecular flexibility index (Phi) is 5.26. The molecule has 0 bridgehead atoms. The van der Waals surface area contributed by atoms with Crippen molar-refractivity contribution in [1.29, 1.82) is 0 Å². The zero-order chi connectivity index (χ0) is 13.3. The lowest BCUT2D eigenvalue weighted by Crippen LogP contribution is -2.52. The van der Waals surface area contributed by atoms with Crippen LogP contribution in [0.4, 0.5) is 8.78 Å². The number of benzene rings is 1. The van der Waals surface area contributed by atoms with Crippen molar-refractivity contribution in [1.82, 2.24) is 9.62 Å². The fourth-order valence-electron chi connectivity index (χ4n) is 1.98. The van der Waals surface area contributed by atoms with E-state index in [0.29, 0.717) is 13.1 Å². The molecule has 1 heterocycles. The molecular formula is C11H15ClF2N2O2S. The van der Waals surface area contributed by atoms with Crippen LogP contribution in [0.1, 0.15) is 6.92 Å². The van der Waals surface area contributed by atoms with Crippen molar-refractivity contribution in [2.45, 2.75) is 17.9 Å². The van der Waals surface area contributed by atoms with Gasteiger partial charge in [-0.15, -0.1) is 12.4 Å². The number of halogens is 3. The first-order chi connectivity index (χ1) is 8.43. The molecule has 0 amide bonds. The number of rotatable bonds is 2. The van der Waals surface area contributed by atoms with E-state index < -0.39 is 26.6 Å². The largest absolute Gasteiger partial charge is 0.314 e. The summed E-state index contributed by atoms with van der Waals surface area (Å²) in [5, 5.41) is 3.04. The van der Waals surface area contributed by atoms with E-state index >= 15 is 0 Å². The van der Waals surface area contributed by atoms with Crippen LogP contribution in [-0.2, 0) is 10.0 Å². The van der Waals surface area contributed by atoms with E-state index in [1.165, 1.54) is 4.31 Å². The summed E-state index contributed by atoms with van der Waals surface area (Å²) in [7, 11) is -3.99. The summed E-state index contributed by atoms with van der Waals surface area (Å²) in [4.78, 5) is -0.601. The van der Waals surface area contributed by atoms with Crippen LogP contribution >= 0.6 is 12.4 Å². The molecule has 1 fully saturated rings. The molecule has 0 unspecified atom stereocenters. The number of nitrogens with one attached hydrogen (secondary N) is 1. The number of nitrogens with zero attached hydrogens (tertiary/aromatic N) is 1. The second-order valence-electron chi connectivity index (χ2n) is 4.24. The van der Waals surface area contributed by atoms with Gasteiger partial charge in [0, 0.05) is 25.7 Å². The molecule has 2 rings (SSSR count). The van der Waals surface area contributed by atoms with Gasteiger partial charge in [-0.25, -0.2) is 17.2 Å². The van der Waals surface area contributed by atoms with Crippen molar-refractivity contribution in [3.63, 3.8) is 0 Å². The minimum absolute atomic E-state index is 0. The fraction of sp³-hybridized carbons (Fsp3) is 0.455. The maximum Gasteiger partial charge on any atom is 0.246 e. The van der Waals surface area contributed by atoms with E-state index in [-0.39, 0.29) is 25.0 Å². The third-order valence-electron chi connectivity index (χ3n) is 2.92. The first-order valence-corrected chi connectivity index (χ1v) is 7.04. The molecule has 0 aliphatic carbocycles. The van der Waals surface area contributed by atoms with Gasteiger partial charge in [-0.05, 0) is 25.1 Å². The van der Waals surface area contributed by atoms with Crippen LogP contribution < -0.4 is 5.32 Å². The molecule has 19 heavy (non-hydrogen) atoms. The van der Waals surface area contributed by atoms with Gasteiger partial charge < -0.3 is 5.32 Å². The van der Waals surface area contributed by atoms with Gasteiger partial charge >= 0.3 is 0 Å². The molecule has 1 N–H and O–H groups in total. The van der Waals surface area contributed by atoms with E-state index in [1.54, 1.807) is 6.92 Å². The minimum atomic E-state index is -3.99. The van der Waals surface area contributed by atoms with Gasteiger partial charge in [0.05, 0.1) is 0 Å². The summed E-state index contributed by atoms with van der Waals surface area (Å²) in [6.45, 7) is 2.97. The maximum atomic E-state index is 13.6. The molecule has 1 saturated heterocycles. The highest BCUT2D eigenvalue weighted by atomic mass is 35.5. The average molecular weight is 313 g/mol. The Morgan fingerprint density at radius 3 is 2.68 bits per heavy atom. The van der Waals surface area contributed by atoms with E-state index in [0.717, 1.165) is 18.2 Å². The van der Waals surface area contributed by atoms with Gasteiger partial charge in [0.2, 0.25) is 10.0 Å². The van der Waals surface area contributed by atoms with Crippen molar-refractivity contribution >= 4 is 22.4 Å².